The Morgan fingerprint density at radius 3 is 2.41 bits per heavy atom. The highest BCUT2D eigenvalue weighted by atomic mass is 19.1. The van der Waals surface area contributed by atoms with Crippen molar-refractivity contribution in [1.29, 1.82) is 0 Å². The number of carbonyl (C=O) groups excluding carboxylic acids is 2. The Morgan fingerprint density at radius 2 is 1.76 bits per heavy atom. The number of hydrogen-bond donors (Lipinski definition) is 1. The molecule has 0 unspecified atom stereocenters. The highest BCUT2D eigenvalue weighted by Gasteiger charge is 2.35. The van der Waals surface area contributed by atoms with Crippen molar-refractivity contribution >= 4 is 17.8 Å². The molecule has 1 saturated carbocycles. The molecule has 188 valence electrons. The van der Waals surface area contributed by atoms with E-state index in [1.807, 2.05) is 49.4 Å². The maximum Gasteiger partial charge on any atom is 0.254 e. The molecule has 0 bridgehead atoms. The lowest BCUT2D eigenvalue weighted by Gasteiger charge is -2.22. The Morgan fingerprint density at radius 1 is 1.05 bits per heavy atom. The number of hydrogen-bond acceptors (Lipinski definition) is 4. The Bertz CT molecular complexity index is 1430. The summed E-state index contributed by atoms with van der Waals surface area (Å²) in [6.45, 7) is 1.80. The molecule has 1 N–H and O–H groups in total. The van der Waals surface area contributed by atoms with Crippen molar-refractivity contribution < 1.29 is 18.7 Å². The van der Waals surface area contributed by atoms with Crippen LogP contribution in [-0.4, -0.2) is 46.0 Å². The summed E-state index contributed by atoms with van der Waals surface area (Å²) in [7, 11) is 1.60. The maximum absolute atomic E-state index is 13.6. The number of rotatable bonds is 8. The van der Waals surface area contributed by atoms with Gasteiger partial charge in [0, 0.05) is 29.1 Å². The first kappa shape index (κ1) is 24.2. The predicted molar refractivity (Wildman–Crippen MR) is 139 cm³/mol. The van der Waals surface area contributed by atoms with E-state index in [4.69, 9.17) is 4.74 Å². The predicted octanol–water partition coefficient (Wildman–Crippen LogP) is 5.24. The Hall–Kier alpha value is -4.46. The molecule has 1 fully saturated rings. The fraction of sp³-hybridized carbons (Fsp3) is 0.207. The normalized spacial score (nSPS) is 12.7. The van der Waals surface area contributed by atoms with Gasteiger partial charge in [-0.1, -0.05) is 18.2 Å². The van der Waals surface area contributed by atoms with Gasteiger partial charge in [-0.25, -0.2) is 9.37 Å². The number of ether oxygens (including phenoxy) is 1. The molecule has 0 atom stereocenters. The van der Waals surface area contributed by atoms with E-state index in [2.05, 4.69) is 10.3 Å². The van der Waals surface area contributed by atoms with E-state index in [-0.39, 0.29) is 36.2 Å². The third kappa shape index (κ3) is 5.38. The Balaban J connectivity index is 1.42. The number of imidazole rings is 1. The smallest absolute Gasteiger partial charge is 0.254 e. The second-order valence-corrected chi connectivity index (χ2v) is 9.05. The number of aromatic nitrogens is 2. The van der Waals surface area contributed by atoms with Crippen LogP contribution in [-0.2, 0) is 4.79 Å². The van der Waals surface area contributed by atoms with Crippen LogP contribution < -0.4 is 10.1 Å². The average Bonchev–Trinajstić information content (AvgIpc) is 3.67. The second kappa shape index (κ2) is 10.3. The van der Waals surface area contributed by atoms with Gasteiger partial charge in [0.1, 0.15) is 18.1 Å². The van der Waals surface area contributed by atoms with Crippen LogP contribution in [0, 0.1) is 12.7 Å². The van der Waals surface area contributed by atoms with Gasteiger partial charge < -0.3 is 9.64 Å². The molecule has 1 aromatic heterocycles. The van der Waals surface area contributed by atoms with Gasteiger partial charge in [-0.2, -0.15) is 0 Å². The highest BCUT2D eigenvalue weighted by molar-refractivity contribution is 6.00. The standard InChI is InChI=1S/C29H27FN4O3/c1-19-5-3-4-6-25(19)28(36)33(22-13-14-22)18-27(35)32-29-31-26(20-7-15-24(37-2)16-8-20)17-34(29)23-11-9-21(30)10-12-23/h3-12,15-17,22H,13-14,18H2,1-2H3,(H,31,32,35). The lowest BCUT2D eigenvalue weighted by atomic mass is 10.1. The maximum atomic E-state index is 13.6. The molecule has 0 radical (unpaired) electrons. The van der Waals surface area contributed by atoms with Crippen LogP contribution in [0.15, 0.2) is 79.0 Å². The van der Waals surface area contributed by atoms with Crippen LogP contribution in [0.4, 0.5) is 10.3 Å². The average molecular weight is 499 g/mol. The zero-order chi connectivity index (χ0) is 25.9. The van der Waals surface area contributed by atoms with Gasteiger partial charge in [-0.05, 0) is 79.9 Å². The minimum Gasteiger partial charge on any atom is -0.497 e. The minimum absolute atomic E-state index is 0.0459. The first-order chi connectivity index (χ1) is 17.9. The highest BCUT2D eigenvalue weighted by Crippen LogP contribution is 2.30. The first-order valence-corrected chi connectivity index (χ1v) is 12.1. The van der Waals surface area contributed by atoms with Gasteiger partial charge in [0.2, 0.25) is 11.9 Å². The van der Waals surface area contributed by atoms with Crippen molar-refractivity contribution in [1.82, 2.24) is 14.5 Å². The summed E-state index contributed by atoms with van der Waals surface area (Å²) in [6, 6.07) is 20.8. The topological polar surface area (TPSA) is 76.5 Å². The molecule has 4 aromatic rings. The van der Waals surface area contributed by atoms with Crippen molar-refractivity contribution in [3.05, 3.63) is 95.9 Å². The van der Waals surface area contributed by atoms with Crippen molar-refractivity contribution in [2.24, 2.45) is 0 Å². The van der Waals surface area contributed by atoms with Gasteiger partial charge in [0.25, 0.3) is 5.91 Å². The van der Waals surface area contributed by atoms with Crippen LogP contribution in [0.25, 0.3) is 16.9 Å². The number of carbonyl (C=O) groups is 2. The summed E-state index contributed by atoms with van der Waals surface area (Å²) >= 11 is 0. The third-order valence-corrected chi connectivity index (χ3v) is 6.39. The summed E-state index contributed by atoms with van der Waals surface area (Å²) in [5, 5.41) is 2.87. The Labute approximate surface area is 214 Å². The lowest BCUT2D eigenvalue weighted by Crippen LogP contribution is -2.40. The minimum atomic E-state index is -0.361. The van der Waals surface area contributed by atoms with E-state index < -0.39 is 0 Å². The van der Waals surface area contributed by atoms with Crippen LogP contribution in [0.2, 0.25) is 0 Å². The lowest BCUT2D eigenvalue weighted by molar-refractivity contribution is -0.117. The second-order valence-electron chi connectivity index (χ2n) is 9.05. The number of aryl methyl sites for hydroxylation is 1. The zero-order valence-electron chi connectivity index (χ0n) is 20.6. The molecule has 7 nitrogen and oxygen atoms in total. The molecule has 1 aliphatic carbocycles. The van der Waals surface area contributed by atoms with Crippen LogP contribution in [0.1, 0.15) is 28.8 Å². The van der Waals surface area contributed by atoms with Crippen molar-refractivity contribution in [2.75, 3.05) is 19.0 Å². The van der Waals surface area contributed by atoms with E-state index in [1.54, 1.807) is 41.0 Å². The molecule has 2 amide bonds. The molecule has 1 heterocycles. The number of anilines is 1. The van der Waals surface area contributed by atoms with E-state index in [0.717, 1.165) is 24.0 Å². The number of nitrogens with one attached hydrogen (secondary N) is 1. The van der Waals surface area contributed by atoms with Crippen LogP contribution in [0.5, 0.6) is 5.75 Å². The quantitative estimate of drug-likeness (QED) is 0.361. The molecule has 5 rings (SSSR count). The van der Waals surface area contributed by atoms with Gasteiger partial charge >= 0.3 is 0 Å². The summed E-state index contributed by atoms with van der Waals surface area (Å²) < 4.78 is 20.5. The molecule has 0 saturated heterocycles. The van der Waals surface area contributed by atoms with Gasteiger partial charge in [-0.3, -0.25) is 19.5 Å². The van der Waals surface area contributed by atoms with Crippen molar-refractivity contribution in [3.63, 3.8) is 0 Å². The molecule has 0 spiro atoms. The van der Waals surface area contributed by atoms with E-state index in [0.29, 0.717) is 22.7 Å². The van der Waals surface area contributed by atoms with E-state index in [1.165, 1.54) is 12.1 Å². The van der Waals surface area contributed by atoms with Crippen LogP contribution in [0.3, 0.4) is 0 Å². The van der Waals surface area contributed by atoms with E-state index >= 15 is 0 Å². The van der Waals surface area contributed by atoms with Crippen LogP contribution >= 0.6 is 0 Å². The zero-order valence-corrected chi connectivity index (χ0v) is 20.6. The molecule has 3 aromatic carbocycles. The van der Waals surface area contributed by atoms with Gasteiger partial charge in [-0.15, -0.1) is 0 Å². The molecule has 8 heteroatoms. The SMILES string of the molecule is COc1ccc(-c2cn(-c3ccc(F)cc3)c(NC(=O)CN(C(=O)c3ccccc3C)C3CC3)n2)cc1. The number of amides is 2. The van der Waals surface area contributed by atoms with Gasteiger partial charge in [0.15, 0.2) is 0 Å². The number of methoxy groups -OCH3 is 1. The summed E-state index contributed by atoms with van der Waals surface area (Å²) in [5.74, 6) is 0.121. The fourth-order valence-electron chi connectivity index (χ4n) is 4.21. The third-order valence-electron chi connectivity index (χ3n) is 6.39. The first-order valence-electron chi connectivity index (χ1n) is 12.1. The number of halogens is 1. The molecule has 37 heavy (non-hydrogen) atoms. The summed E-state index contributed by atoms with van der Waals surface area (Å²) in [5.41, 5.74) is 3.55. The van der Waals surface area contributed by atoms with Crippen molar-refractivity contribution in [3.8, 4) is 22.7 Å². The van der Waals surface area contributed by atoms with E-state index in [9.17, 15) is 14.0 Å². The Kier molecular flexibility index (Phi) is 6.72. The van der Waals surface area contributed by atoms with Crippen molar-refractivity contribution in [2.45, 2.75) is 25.8 Å². The molecule has 1 aliphatic rings. The largest absolute Gasteiger partial charge is 0.497 e. The number of nitrogens with zero attached hydrogens (tertiary/aromatic N) is 3. The number of benzene rings is 3. The van der Waals surface area contributed by atoms with Gasteiger partial charge in [0.05, 0.1) is 12.8 Å². The fourth-order valence-corrected chi connectivity index (χ4v) is 4.21. The summed E-state index contributed by atoms with van der Waals surface area (Å²) in [4.78, 5) is 32.8. The monoisotopic (exact) mass is 498 g/mol. The molecular weight excluding hydrogens is 471 g/mol. The summed E-state index contributed by atoms with van der Waals surface area (Å²) in [6.07, 6.45) is 3.52. The molecule has 0 aliphatic heterocycles. The molecular formula is C29H27FN4O3.